The standard InChI is InChI=1S/C10H16O3/c1-7-10(5-4-8(11)6-10)13-9(2,3)12-7/h4-5,7-8,11H,6H2,1-3H3/t7-,8-,10+/m0/s1. The molecule has 0 unspecified atom stereocenters. The summed E-state index contributed by atoms with van der Waals surface area (Å²) < 4.78 is 11.5. The molecule has 0 saturated carbocycles. The average molecular weight is 184 g/mol. The number of hydrogen-bond donors (Lipinski definition) is 1. The maximum Gasteiger partial charge on any atom is 0.164 e. The molecule has 1 heterocycles. The van der Waals surface area contributed by atoms with Gasteiger partial charge in [0.25, 0.3) is 0 Å². The molecular formula is C10H16O3. The van der Waals surface area contributed by atoms with Gasteiger partial charge in [-0.05, 0) is 20.8 Å². The van der Waals surface area contributed by atoms with Crippen molar-refractivity contribution < 1.29 is 14.6 Å². The van der Waals surface area contributed by atoms with Crippen molar-refractivity contribution in [3.63, 3.8) is 0 Å². The average Bonchev–Trinajstić information content (AvgIpc) is 2.39. The zero-order valence-electron chi connectivity index (χ0n) is 8.28. The van der Waals surface area contributed by atoms with E-state index < -0.39 is 11.4 Å². The van der Waals surface area contributed by atoms with Gasteiger partial charge in [-0.3, -0.25) is 0 Å². The van der Waals surface area contributed by atoms with Gasteiger partial charge in [-0.1, -0.05) is 12.2 Å². The quantitative estimate of drug-likeness (QED) is 0.575. The van der Waals surface area contributed by atoms with Crippen molar-refractivity contribution in [1.82, 2.24) is 0 Å². The second-order valence-corrected chi connectivity index (χ2v) is 4.35. The monoisotopic (exact) mass is 184 g/mol. The van der Waals surface area contributed by atoms with E-state index in [1.807, 2.05) is 26.8 Å². The van der Waals surface area contributed by atoms with Gasteiger partial charge >= 0.3 is 0 Å². The SMILES string of the molecule is C[C@@H]1OC(C)(C)O[C@@]12C=C[C@H](O)C2. The normalized spacial score (nSPS) is 47.7. The van der Waals surface area contributed by atoms with Crippen molar-refractivity contribution in [2.24, 2.45) is 0 Å². The Kier molecular flexibility index (Phi) is 1.81. The Morgan fingerprint density at radius 1 is 1.46 bits per heavy atom. The highest BCUT2D eigenvalue weighted by Crippen LogP contribution is 2.43. The van der Waals surface area contributed by atoms with Gasteiger partial charge in [0.2, 0.25) is 0 Å². The van der Waals surface area contributed by atoms with E-state index in [0.717, 1.165) is 0 Å². The molecule has 0 radical (unpaired) electrons. The number of aliphatic hydroxyl groups excluding tert-OH is 1. The van der Waals surface area contributed by atoms with E-state index in [1.54, 1.807) is 6.08 Å². The van der Waals surface area contributed by atoms with E-state index in [0.29, 0.717) is 6.42 Å². The molecule has 1 N–H and O–H groups in total. The molecule has 2 rings (SSSR count). The number of hydrogen-bond acceptors (Lipinski definition) is 3. The van der Waals surface area contributed by atoms with Crippen LogP contribution in [-0.4, -0.2) is 28.7 Å². The van der Waals surface area contributed by atoms with Crippen molar-refractivity contribution in [1.29, 1.82) is 0 Å². The largest absolute Gasteiger partial charge is 0.389 e. The predicted molar refractivity (Wildman–Crippen MR) is 48.2 cm³/mol. The molecule has 2 aliphatic rings. The van der Waals surface area contributed by atoms with Crippen LogP contribution >= 0.6 is 0 Å². The summed E-state index contributed by atoms with van der Waals surface area (Å²) in [5, 5.41) is 9.42. The molecule has 3 atom stereocenters. The van der Waals surface area contributed by atoms with Crippen molar-refractivity contribution >= 4 is 0 Å². The number of aliphatic hydroxyl groups is 1. The molecule has 3 nitrogen and oxygen atoms in total. The zero-order valence-corrected chi connectivity index (χ0v) is 8.28. The summed E-state index contributed by atoms with van der Waals surface area (Å²) in [4.78, 5) is 0. The van der Waals surface area contributed by atoms with E-state index in [9.17, 15) is 5.11 Å². The van der Waals surface area contributed by atoms with Crippen LogP contribution in [0.15, 0.2) is 12.2 Å². The van der Waals surface area contributed by atoms with Crippen molar-refractivity contribution in [3.8, 4) is 0 Å². The first-order chi connectivity index (χ1) is 5.94. The van der Waals surface area contributed by atoms with Crippen LogP contribution in [0.3, 0.4) is 0 Å². The molecule has 1 aliphatic heterocycles. The van der Waals surface area contributed by atoms with E-state index in [-0.39, 0.29) is 12.2 Å². The Hall–Kier alpha value is -0.380. The summed E-state index contributed by atoms with van der Waals surface area (Å²) in [5.74, 6) is -0.534. The van der Waals surface area contributed by atoms with Gasteiger partial charge in [-0.25, -0.2) is 0 Å². The summed E-state index contributed by atoms with van der Waals surface area (Å²) >= 11 is 0. The number of rotatable bonds is 0. The highest BCUT2D eigenvalue weighted by molar-refractivity contribution is 5.18. The fourth-order valence-electron chi connectivity index (χ4n) is 2.20. The second-order valence-electron chi connectivity index (χ2n) is 4.35. The minimum absolute atomic E-state index is 0.0101. The molecule has 1 aliphatic carbocycles. The van der Waals surface area contributed by atoms with Crippen LogP contribution in [0.4, 0.5) is 0 Å². The Bertz CT molecular complexity index is 247. The van der Waals surface area contributed by atoms with Crippen molar-refractivity contribution in [2.75, 3.05) is 0 Å². The van der Waals surface area contributed by atoms with Crippen LogP contribution in [0, 0.1) is 0 Å². The third-order valence-electron chi connectivity index (χ3n) is 2.71. The number of ether oxygens (including phenoxy) is 2. The van der Waals surface area contributed by atoms with Crippen LogP contribution in [0.2, 0.25) is 0 Å². The smallest absolute Gasteiger partial charge is 0.164 e. The van der Waals surface area contributed by atoms with Gasteiger partial charge < -0.3 is 14.6 Å². The van der Waals surface area contributed by atoms with Crippen LogP contribution in [0.25, 0.3) is 0 Å². The summed E-state index contributed by atoms with van der Waals surface area (Å²) in [6, 6.07) is 0. The van der Waals surface area contributed by atoms with E-state index in [2.05, 4.69) is 0 Å². The topological polar surface area (TPSA) is 38.7 Å². The molecule has 13 heavy (non-hydrogen) atoms. The van der Waals surface area contributed by atoms with Gasteiger partial charge in [0.15, 0.2) is 5.79 Å². The minimum atomic E-state index is -0.534. The van der Waals surface area contributed by atoms with Gasteiger partial charge in [0.1, 0.15) is 5.60 Å². The molecule has 0 aromatic carbocycles. The Morgan fingerprint density at radius 3 is 2.54 bits per heavy atom. The first-order valence-electron chi connectivity index (χ1n) is 4.69. The third kappa shape index (κ3) is 1.41. The molecule has 1 spiro atoms. The lowest BCUT2D eigenvalue weighted by atomic mass is 9.97. The van der Waals surface area contributed by atoms with Crippen LogP contribution in [0.1, 0.15) is 27.2 Å². The summed E-state index contributed by atoms with van der Waals surface area (Å²) in [6.07, 6.45) is 3.94. The minimum Gasteiger partial charge on any atom is -0.389 e. The summed E-state index contributed by atoms with van der Waals surface area (Å²) in [7, 11) is 0. The zero-order chi connectivity index (χ0) is 9.69. The van der Waals surface area contributed by atoms with Gasteiger partial charge in [0.05, 0.1) is 12.2 Å². The molecule has 1 fully saturated rings. The first kappa shape index (κ1) is 9.19. The van der Waals surface area contributed by atoms with E-state index in [1.165, 1.54) is 0 Å². The highest BCUT2D eigenvalue weighted by Gasteiger charge is 2.52. The fourth-order valence-corrected chi connectivity index (χ4v) is 2.20. The van der Waals surface area contributed by atoms with Crippen LogP contribution < -0.4 is 0 Å². The lowest BCUT2D eigenvalue weighted by Crippen LogP contribution is -2.36. The molecule has 1 saturated heterocycles. The summed E-state index contributed by atoms with van der Waals surface area (Å²) in [5.41, 5.74) is -0.400. The van der Waals surface area contributed by atoms with E-state index >= 15 is 0 Å². The lowest BCUT2D eigenvalue weighted by Gasteiger charge is -2.25. The first-order valence-corrected chi connectivity index (χ1v) is 4.69. The Labute approximate surface area is 78.3 Å². The maximum atomic E-state index is 9.42. The molecule has 0 bridgehead atoms. The molecule has 0 aromatic heterocycles. The molecular weight excluding hydrogens is 168 g/mol. The Balaban J connectivity index is 2.22. The third-order valence-corrected chi connectivity index (χ3v) is 2.71. The van der Waals surface area contributed by atoms with E-state index in [4.69, 9.17) is 9.47 Å². The summed E-state index contributed by atoms with van der Waals surface area (Å²) in [6.45, 7) is 5.78. The van der Waals surface area contributed by atoms with Gasteiger partial charge in [0, 0.05) is 6.42 Å². The fraction of sp³-hybridized carbons (Fsp3) is 0.800. The van der Waals surface area contributed by atoms with Crippen LogP contribution in [-0.2, 0) is 9.47 Å². The van der Waals surface area contributed by atoms with Crippen molar-refractivity contribution in [3.05, 3.63) is 12.2 Å². The lowest BCUT2D eigenvalue weighted by molar-refractivity contribution is -0.156. The van der Waals surface area contributed by atoms with Crippen LogP contribution in [0.5, 0.6) is 0 Å². The maximum absolute atomic E-state index is 9.42. The predicted octanol–water partition coefficient (Wildman–Crippen LogP) is 1.22. The van der Waals surface area contributed by atoms with Gasteiger partial charge in [-0.2, -0.15) is 0 Å². The van der Waals surface area contributed by atoms with Gasteiger partial charge in [-0.15, -0.1) is 0 Å². The highest BCUT2D eigenvalue weighted by atomic mass is 16.8. The molecule has 3 heteroatoms. The molecule has 0 aromatic rings. The Morgan fingerprint density at radius 2 is 2.15 bits per heavy atom. The molecule has 74 valence electrons. The van der Waals surface area contributed by atoms with Crippen molar-refractivity contribution in [2.45, 2.75) is 50.8 Å². The second kappa shape index (κ2) is 2.56. The molecule has 0 amide bonds.